The third-order valence-electron chi connectivity index (χ3n) is 4.31. The molecule has 6 aromatic carbocycles. The summed E-state index contributed by atoms with van der Waals surface area (Å²) in [6, 6.07) is 54.3. The fourth-order valence-corrected chi connectivity index (χ4v) is 2.82. The first-order valence-corrected chi connectivity index (χ1v) is 13.1. The van der Waals surface area contributed by atoms with Gasteiger partial charge in [-0.15, -0.1) is 59.3 Å². The molecular weight excluding hydrogens is 436 g/mol. The molecule has 0 aliphatic carbocycles. The zero-order chi connectivity index (χ0) is 22.7. The van der Waals surface area contributed by atoms with Gasteiger partial charge in [0.05, 0.1) is 0 Å². The first kappa shape index (κ1) is 25.3. The van der Waals surface area contributed by atoms with E-state index in [0.29, 0.717) is 0 Å². The molecule has 0 atom stereocenters. The molecule has 0 spiro atoms. The molecule has 0 heterocycles. The van der Waals surface area contributed by atoms with E-state index in [9.17, 15) is 0 Å². The van der Waals surface area contributed by atoms with Gasteiger partial charge in [0.2, 0.25) is 0 Å². The Bertz CT molecular complexity index is 1010. The number of benzene rings is 4. The van der Waals surface area contributed by atoms with Crippen LogP contribution < -0.4 is 0 Å². The smallest absolute Gasteiger partial charge is 0.0809 e. The maximum absolute atomic E-state index is 2.97. The van der Waals surface area contributed by atoms with Gasteiger partial charge >= 0.3 is 26.8 Å². The van der Waals surface area contributed by atoms with E-state index in [-0.39, 0.29) is 2.85 Å². The second-order valence-corrected chi connectivity index (χ2v) is 6.46. The summed E-state index contributed by atoms with van der Waals surface area (Å²) in [6.07, 6.45) is 0. The van der Waals surface area contributed by atoms with Crippen molar-refractivity contribution in [2.45, 2.75) is 0 Å². The Labute approximate surface area is 208 Å². The Hall–Kier alpha value is -2.97. The number of hydrogen-bond donors (Lipinski definition) is 0. The predicted octanol–water partition coefficient (Wildman–Crippen LogP) is 7.93. The van der Waals surface area contributed by atoms with Gasteiger partial charge in [-0.3, -0.25) is 0 Å². The van der Waals surface area contributed by atoms with Crippen molar-refractivity contribution in [3.8, 4) is 0 Å². The predicted molar refractivity (Wildman–Crippen MR) is 138 cm³/mol. The maximum atomic E-state index is 2.97. The van der Waals surface area contributed by atoms with Crippen molar-refractivity contribution < 1.29 is 22.0 Å². The Morgan fingerprint density at radius 1 is 0.500 bits per heavy atom. The molecule has 0 nitrogen and oxygen atoms in total. The van der Waals surface area contributed by atoms with Crippen molar-refractivity contribution in [1.82, 2.24) is 0 Å². The van der Waals surface area contributed by atoms with Gasteiger partial charge in [0, 0.05) is 0 Å². The molecule has 0 amide bonds. The molecule has 0 fully saturated rings. The molecule has 0 aromatic heterocycles. The molecule has 0 aliphatic rings. The standard InChI is InChI=1S/2C9H7.2C6H5.Si.Ti.2H/c2*1-2-5-9-7-3-6-8(9)4-1;2*1-2-4-6-5-3-1;;;;/h2*1-7H;2*1-5H;;;;/q4*-1;;;2*-1. The van der Waals surface area contributed by atoms with Crippen molar-refractivity contribution >= 4 is 29.2 Å². The summed E-state index contributed by atoms with van der Waals surface area (Å²) in [5.41, 5.74) is 0. The first-order chi connectivity index (χ1) is 15.9. The Morgan fingerprint density at radius 3 is 1.16 bits per heavy atom. The molecule has 6 aromatic rings. The molecule has 0 aliphatic heterocycles. The molecule has 32 heavy (non-hydrogen) atoms. The van der Waals surface area contributed by atoms with E-state index >= 15 is 0 Å². The van der Waals surface area contributed by atoms with E-state index in [4.69, 9.17) is 0 Å². The van der Waals surface area contributed by atoms with Crippen LogP contribution in [-0.4, -0.2) is 7.63 Å². The van der Waals surface area contributed by atoms with Gasteiger partial charge in [-0.05, 0) is 0 Å². The molecule has 0 bridgehead atoms. The molecule has 2 heteroatoms. The summed E-state index contributed by atoms with van der Waals surface area (Å²) in [4.78, 5) is 0. The van der Waals surface area contributed by atoms with E-state index in [1.807, 2.05) is 60.7 Å². The second kappa shape index (κ2) is 16.7. The van der Waals surface area contributed by atoms with Crippen LogP contribution in [0.1, 0.15) is 2.85 Å². The first-order valence-electron chi connectivity index (χ1n) is 10.2. The average molecular weight is 462 g/mol. The molecule has 0 unspecified atom stereocenters. The zero-order valence-electron chi connectivity index (χ0n) is 19.9. The molecular formula is C30H26SiTi-6. The monoisotopic (exact) mass is 462 g/mol. The minimum Gasteiger partial charge on any atom is -0.184 e. The summed E-state index contributed by atoms with van der Waals surface area (Å²) in [5, 5.41) is 5.32. The topological polar surface area (TPSA) is 0 Å². The third-order valence-corrected chi connectivity index (χ3v) is 4.31. The van der Waals surface area contributed by atoms with E-state index in [2.05, 4.69) is 105 Å². The quantitative estimate of drug-likeness (QED) is 0.159. The SMILES string of the molecule is [H-].[H-].[Si]=[Ti].[c-]1ccccc1.[c-]1ccccc1.c1ccc2[cH-]ccc2c1.c1ccc2[cH-]ccc2c1. The van der Waals surface area contributed by atoms with Crippen molar-refractivity contribution in [3.63, 3.8) is 0 Å². The van der Waals surface area contributed by atoms with Crippen LogP contribution in [0.3, 0.4) is 0 Å². The van der Waals surface area contributed by atoms with Crippen LogP contribution in [0.4, 0.5) is 0 Å². The van der Waals surface area contributed by atoms with Crippen LogP contribution in [0.2, 0.25) is 0 Å². The van der Waals surface area contributed by atoms with E-state index in [0.717, 1.165) is 0 Å². The molecule has 160 valence electrons. The average Bonchev–Trinajstić information content (AvgIpc) is 3.58. The largest absolute Gasteiger partial charge is 0.184 e. The Kier molecular flexibility index (Phi) is 13.2. The van der Waals surface area contributed by atoms with Crippen LogP contribution in [0.15, 0.2) is 146 Å². The molecule has 2 radical (unpaired) electrons. The molecule has 0 N–H and O–H groups in total. The summed E-state index contributed by atoms with van der Waals surface area (Å²) in [6.45, 7) is 0. The Balaban J connectivity index is 0.000000416. The van der Waals surface area contributed by atoms with Crippen LogP contribution in [0, 0.1) is 12.1 Å². The van der Waals surface area contributed by atoms with Crippen molar-refractivity contribution in [2.75, 3.05) is 0 Å². The van der Waals surface area contributed by atoms with Crippen LogP contribution in [-0.2, 0) is 19.2 Å². The van der Waals surface area contributed by atoms with Crippen LogP contribution in [0.25, 0.3) is 21.5 Å². The molecule has 6 rings (SSSR count). The molecule has 0 saturated heterocycles. The molecule has 0 saturated carbocycles. The number of fused-ring (bicyclic) bond motifs is 2. The van der Waals surface area contributed by atoms with Gasteiger partial charge in [0.15, 0.2) is 0 Å². The van der Waals surface area contributed by atoms with Crippen molar-refractivity contribution in [3.05, 3.63) is 158 Å². The van der Waals surface area contributed by atoms with E-state index < -0.39 is 0 Å². The summed E-state index contributed by atoms with van der Waals surface area (Å²) < 4.78 is 0. The Morgan fingerprint density at radius 2 is 0.875 bits per heavy atom. The van der Waals surface area contributed by atoms with Crippen LogP contribution in [0.5, 0.6) is 0 Å². The number of hydrogen-bond acceptors (Lipinski definition) is 0. The van der Waals surface area contributed by atoms with Crippen LogP contribution >= 0.6 is 0 Å². The van der Waals surface area contributed by atoms with Gasteiger partial charge in [-0.25, -0.2) is 0 Å². The van der Waals surface area contributed by atoms with Gasteiger partial charge in [0.25, 0.3) is 0 Å². The van der Waals surface area contributed by atoms with Gasteiger partial charge in [-0.2, -0.15) is 108 Å². The fraction of sp³-hybridized carbons (Fsp3) is 0. The summed E-state index contributed by atoms with van der Waals surface area (Å²) in [5.74, 6) is 0. The normalized spacial score (nSPS) is 8.84. The summed E-state index contributed by atoms with van der Waals surface area (Å²) in [7, 11) is 2.97. The van der Waals surface area contributed by atoms with E-state index in [1.165, 1.54) is 21.5 Å². The zero-order valence-corrected chi connectivity index (χ0v) is 20.4. The van der Waals surface area contributed by atoms with Gasteiger partial charge in [-0.1, -0.05) is 12.1 Å². The van der Waals surface area contributed by atoms with Gasteiger partial charge in [0.1, 0.15) is 0 Å². The maximum Gasteiger partial charge on any atom is -0.0809 e. The minimum absolute atomic E-state index is 0. The van der Waals surface area contributed by atoms with Crippen molar-refractivity contribution in [2.24, 2.45) is 0 Å². The fourth-order valence-electron chi connectivity index (χ4n) is 2.82. The van der Waals surface area contributed by atoms with Crippen molar-refractivity contribution in [1.29, 1.82) is 0 Å². The third kappa shape index (κ3) is 9.89. The minimum atomic E-state index is 0. The number of rotatable bonds is 0. The summed E-state index contributed by atoms with van der Waals surface area (Å²) >= 11 is 1.81. The second-order valence-electron chi connectivity index (χ2n) is 6.46. The van der Waals surface area contributed by atoms with E-state index in [1.54, 1.807) is 19.2 Å². The van der Waals surface area contributed by atoms with Gasteiger partial charge < -0.3 is 2.85 Å².